The summed E-state index contributed by atoms with van der Waals surface area (Å²) in [6.45, 7) is 5.64. The minimum atomic E-state index is 0.0795. The lowest BCUT2D eigenvalue weighted by Gasteiger charge is -2.23. The van der Waals surface area contributed by atoms with E-state index >= 15 is 0 Å². The van der Waals surface area contributed by atoms with E-state index in [1.807, 2.05) is 19.9 Å². The first kappa shape index (κ1) is 12.8. The Morgan fingerprint density at radius 1 is 1.56 bits per heavy atom. The molecule has 0 aliphatic carbocycles. The van der Waals surface area contributed by atoms with Crippen LogP contribution in [0.5, 0.6) is 0 Å². The predicted molar refractivity (Wildman–Crippen MR) is 72.4 cm³/mol. The van der Waals surface area contributed by atoms with Gasteiger partial charge in [-0.25, -0.2) is 0 Å². The Kier molecular flexibility index (Phi) is 3.52. The van der Waals surface area contributed by atoms with E-state index in [0.29, 0.717) is 0 Å². The van der Waals surface area contributed by atoms with E-state index in [9.17, 15) is 0 Å². The lowest BCUT2D eigenvalue weighted by Crippen LogP contribution is -2.27. The second-order valence-corrected chi connectivity index (χ2v) is 4.75. The third kappa shape index (κ3) is 2.31. The van der Waals surface area contributed by atoms with Crippen LogP contribution in [0.25, 0.3) is 0 Å². The molecule has 1 aliphatic heterocycles. The number of amidine groups is 1. The summed E-state index contributed by atoms with van der Waals surface area (Å²) in [7, 11) is 1.74. The molecule has 1 unspecified atom stereocenters. The summed E-state index contributed by atoms with van der Waals surface area (Å²) < 4.78 is 5.38. The molecule has 0 saturated carbocycles. The van der Waals surface area contributed by atoms with Gasteiger partial charge >= 0.3 is 0 Å². The molecule has 3 N–H and O–H groups in total. The predicted octanol–water partition coefficient (Wildman–Crippen LogP) is 1.21. The van der Waals surface area contributed by atoms with Crippen molar-refractivity contribution in [1.29, 1.82) is 5.41 Å². The van der Waals surface area contributed by atoms with Gasteiger partial charge in [-0.1, -0.05) is 0 Å². The van der Waals surface area contributed by atoms with E-state index in [1.165, 1.54) is 0 Å². The quantitative estimate of drug-likeness (QED) is 0.622. The van der Waals surface area contributed by atoms with Crippen molar-refractivity contribution in [2.24, 2.45) is 5.73 Å². The van der Waals surface area contributed by atoms with E-state index in [2.05, 4.69) is 9.88 Å². The summed E-state index contributed by atoms with van der Waals surface area (Å²) in [5.41, 5.74) is 9.21. The van der Waals surface area contributed by atoms with Crippen molar-refractivity contribution in [3.05, 3.63) is 23.0 Å². The van der Waals surface area contributed by atoms with Gasteiger partial charge in [-0.15, -0.1) is 0 Å². The topological polar surface area (TPSA) is 75.2 Å². The molecular formula is C13H20N4O. The van der Waals surface area contributed by atoms with Gasteiger partial charge in [-0.3, -0.25) is 10.4 Å². The summed E-state index contributed by atoms with van der Waals surface area (Å²) in [6.07, 6.45) is 1.27. The van der Waals surface area contributed by atoms with Crippen LogP contribution in [0, 0.1) is 19.3 Å². The number of hydrogen-bond acceptors (Lipinski definition) is 4. The Morgan fingerprint density at radius 3 is 2.83 bits per heavy atom. The number of nitrogens with one attached hydrogen (secondary N) is 1. The number of nitrogen functional groups attached to an aromatic ring is 1. The van der Waals surface area contributed by atoms with Gasteiger partial charge in [0.1, 0.15) is 5.84 Å². The van der Waals surface area contributed by atoms with Gasteiger partial charge in [0.15, 0.2) is 0 Å². The Hall–Kier alpha value is -1.62. The second-order valence-electron chi connectivity index (χ2n) is 4.75. The standard InChI is InChI=1S/C13H20N4O/c1-8-6-11(12(13(14)15)9(2)16-8)17-5-4-10(7-17)18-3/h6,10H,4-5,7H2,1-3H3,(H3,14,15). The molecule has 5 nitrogen and oxygen atoms in total. The first-order valence-electron chi connectivity index (χ1n) is 6.13. The number of methoxy groups -OCH3 is 1. The fourth-order valence-electron chi connectivity index (χ4n) is 2.53. The fourth-order valence-corrected chi connectivity index (χ4v) is 2.53. The van der Waals surface area contributed by atoms with Crippen LogP contribution in [0.2, 0.25) is 0 Å². The zero-order valence-corrected chi connectivity index (χ0v) is 11.2. The molecule has 2 heterocycles. The average Bonchev–Trinajstić information content (AvgIpc) is 2.75. The van der Waals surface area contributed by atoms with Gasteiger partial charge in [0.05, 0.1) is 23.0 Å². The van der Waals surface area contributed by atoms with Crippen LogP contribution in [-0.4, -0.2) is 37.1 Å². The van der Waals surface area contributed by atoms with E-state index in [-0.39, 0.29) is 11.9 Å². The zero-order chi connectivity index (χ0) is 13.3. The van der Waals surface area contributed by atoms with Crippen LogP contribution in [0.15, 0.2) is 6.07 Å². The van der Waals surface area contributed by atoms with Crippen LogP contribution in [-0.2, 0) is 4.74 Å². The number of pyridine rings is 1. The highest BCUT2D eigenvalue weighted by molar-refractivity contribution is 6.01. The summed E-state index contributed by atoms with van der Waals surface area (Å²) in [5.74, 6) is 0.0795. The number of aryl methyl sites for hydroxylation is 2. The van der Waals surface area contributed by atoms with Crippen molar-refractivity contribution < 1.29 is 4.74 Å². The number of ether oxygens (including phenoxy) is 1. The number of nitrogens with two attached hydrogens (primary N) is 1. The highest BCUT2D eigenvalue weighted by Gasteiger charge is 2.25. The zero-order valence-electron chi connectivity index (χ0n) is 11.2. The maximum atomic E-state index is 7.73. The number of hydrogen-bond donors (Lipinski definition) is 2. The van der Waals surface area contributed by atoms with Crippen LogP contribution < -0.4 is 10.6 Å². The highest BCUT2D eigenvalue weighted by atomic mass is 16.5. The van der Waals surface area contributed by atoms with E-state index in [0.717, 1.165) is 42.1 Å². The van der Waals surface area contributed by atoms with Crippen LogP contribution >= 0.6 is 0 Å². The minimum absolute atomic E-state index is 0.0795. The number of anilines is 1. The van der Waals surface area contributed by atoms with Gasteiger partial charge in [-0.2, -0.15) is 0 Å². The van der Waals surface area contributed by atoms with Crippen molar-refractivity contribution in [2.75, 3.05) is 25.1 Å². The van der Waals surface area contributed by atoms with Crippen molar-refractivity contribution in [1.82, 2.24) is 4.98 Å². The summed E-state index contributed by atoms with van der Waals surface area (Å²) in [5, 5.41) is 7.73. The number of aromatic nitrogens is 1. The van der Waals surface area contributed by atoms with E-state index in [4.69, 9.17) is 15.9 Å². The molecule has 2 rings (SSSR count). The highest BCUT2D eigenvalue weighted by Crippen LogP contribution is 2.27. The molecule has 0 aromatic carbocycles. The van der Waals surface area contributed by atoms with Gasteiger partial charge in [-0.05, 0) is 26.3 Å². The molecule has 1 fully saturated rings. The normalized spacial score (nSPS) is 19.3. The molecule has 0 amide bonds. The van der Waals surface area contributed by atoms with E-state index in [1.54, 1.807) is 7.11 Å². The van der Waals surface area contributed by atoms with Crippen molar-refractivity contribution >= 4 is 11.5 Å². The van der Waals surface area contributed by atoms with Crippen molar-refractivity contribution in [3.63, 3.8) is 0 Å². The Bertz CT molecular complexity index is 472. The fraction of sp³-hybridized carbons (Fsp3) is 0.538. The number of nitrogens with zero attached hydrogens (tertiary/aromatic N) is 2. The second kappa shape index (κ2) is 4.94. The molecule has 1 saturated heterocycles. The lowest BCUT2D eigenvalue weighted by molar-refractivity contribution is 0.121. The molecule has 0 bridgehead atoms. The van der Waals surface area contributed by atoms with Crippen molar-refractivity contribution in [3.8, 4) is 0 Å². The molecule has 18 heavy (non-hydrogen) atoms. The Labute approximate surface area is 107 Å². The van der Waals surface area contributed by atoms with Gasteiger partial charge < -0.3 is 15.4 Å². The smallest absolute Gasteiger partial charge is 0.126 e. The Balaban J connectivity index is 2.40. The largest absolute Gasteiger partial charge is 0.384 e. The average molecular weight is 248 g/mol. The third-order valence-electron chi connectivity index (χ3n) is 3.40. The molecular weight excluding hydrogens is 228 g/mol. The van der Waals surface area contributed by atoms with Crippen molar-refractivity contribution in [2.45, 2.75) is 26.4 Å². The molecule has 98 valence electrons. The van der Waals surface area contributed by atoms with Crippen LogP contribution in [0.3, 0.4) is 0 Å². The first-order chi connectivity index (χ1) is 8.52. The molecule has 1 aliphatic rings. The molecule has 1 aromatic heterocycles. The minimum Gasteiger partial charge on any atom is -0.384 e. The molecule has 0 spiro atoms. The molecule has 0 radical (unpaired) electrons. The van der Waals surface area contributed by atoms with Gasteiger partial charge in [0.2, 0.25) is 0 Å². The SMILES string of the molecule is COC1CCN(c2cc(C)nc(C)c2C(=N)N)C1. The summed E-state index contributed by atoms with van der Waals surface area (Å²) in [6, 6.07) is 2.00. The van der Waals surface area contributed by atoms with Gasteiger partial charge in [0.25, 0.3) is 0 Å². The number of rotatable bonds is 3. The first-order valence-corrected chi connectivity index (χ1v) is 6.13. The lowest BCUT2D eigenvalue weighted by atomic mass is 10.1. The van der Waals surface area contributed by atoms with E-state index < -0.39 is 0 Å². The maximum absolute atomic E-state index is 7.73. The maximum Gasteiger partial charge on any atom is 0.126 e. The van der Waals surface area contributed by atoms with Gasteiger partial charge in [0, 0.05) is 25.9 Å². The third-order valence-corrected chi connectivity index (χ3v) is 3.40. The molecule has 1 atom stereocenters. The molecule has 1 aromatic rings. The Morgan fingerprint density at radius 2 is 2.28 bits per heavy atom. The summed E-state index contributed by atoms with van der Waals surface area (Å²) in [4.78, 5) is 6.62. The van der Waals surface area contributed by atoms with Crippen LogP contribution in [0.4, 0.5) is 5.69 Å². The monoisotopic (exact) mass is 248 g/mol. The van der Waals surface area contributed by atoms with Crippen LogP contribution in [0.1, 0.15) is 23.4 Å². The molecule has 5 heteroatoms. The summed E-state index contributed by atoms with van der Waals surface area (Å²) >= 11 is 0.